The van der Waals surface area contributed by atoms with Gasteiger partial charge in [-0.05, 0) is 31.6 Å². The van der Waals surface area contributed by atoms with Gasteiger partial charge >= 0.3 is 0 Å². The van der Waals surface area contributed by atoms with E-state index in [1.54, 1.807) is 0 Å². The maximum atomic E-state index is 8.98. The second kappa shape index (κ2) is 7.01. The number of nitrogens with two attached hydrogens (primary N) is 1. The minimum absolute atomic E-state index is 0.150. The van der Waals surface area contributed by atoms with Crippen LogP contribution in [0.25, 0.3) is 0 Å². The Hall–Kier alpha value is -0.940. The molecule has 0 amide bonds. The maximum Gasteiger partial charge on any atom is 0.229 e. The van der Waals surface area contributed by atoms with Gasteiger partial charge < -0.3 is 15.4 Å². The fraction of sp³-hybridized carbons (Fsp3) is 0.857. The van der Waals surface area contributed by atoms with Crippen molar-refractivity contribution < 1.29 is 9.63 Å². The van der Waals surface area contributed by atoms with Gasteiger partial charge in [0.05, 0.1) is 12.6 Å². The van der Waals surface area contributed by atoms with Gasteiger partial charge in [-0.15, -0.1) is 0 Å². The lowest BCUT2D eigenvalue weighted by Crippen LogP contribution is -2.17. The molecule has 5 heteroatoms. The van der Waals surface area contributed by atoms with E-state index in [4.69, 9.17) is 15.4 Å². The van der Waals surface area contributed by atoms with E-state index in [1.807, 2.05) is 0 Å². The number of hydrogen-bond acceptors (Lipinski definition) is 5. The van der Waals surface area contributed by atoms with Crippen molar-refractivity contribution in [3.05, 3.63) is 11.7 Å². The molecule has 1 heterocycles. The Morgan fingerprint density at radius 1 is 1.37 bits per heavy atom. The molecule has 0 aromatic carbocycles. The summed E-state index contributed by atoms with van der Waals surface area (Å²) in [6.07, 6.45) is 8.75. The number of aliphatic hydroxyl groups is 1. The van der Waals surface area contributed by atoms with Gasteiger partial charge in [0.15, 0.2) is 5.82 Å². The Morgan fingerprint density at radius 2 is 2.11 bits per heavy atom. The van der Waals surface area contributed by atoms with Crippen LogP contribution in [-0.2, 0) is 0 Å². The molecule has 1 aromatic heterocycles. The first kappa shape index (κ1) is 14.5. The number of hydrogen-bond donors (Lipinski definition) is 2. The third kappa shape index (κ3) is 3.76. The van der Waals surface area contributed by atoms with Crippen molar-refractivity contribution in [2.75, 3.05) is 6.61 Å². The van der Waals surface area contributed by atoms with Crippen molar-refractivity contribution in [2.45, 2.75) is 63.8 Å². The molecule has 0 bridgehead atoms. The van der Waals surface area contributed by atoms with Crippen LogP contribution < -0.4 is 5.73 Å². The number of aromatic nitrogens is 2. The Morgan fingerprint density at radius 3 is 2.74 bits per heavy atom. The highest BCUT2D eigenvalue weighted by molar-refractivity contribution is 4.99. The van der Waals surface area contributed by atoms with E-state index >= 15 is 0 Å². The first-order chi connectivity index (χ1) is 9.24. The van der Waals surface area contributed by atoms with Crippen LogP contribution in [0.5, 0.6) is 0 Å². The average molecular weight is 267 g/mol. The molecule has 1 saturated carbocycles. The summed E-state index contributed by atoms with van der Waals surface area (Å²) in [5, 5.41) is 12.8. The van der Waals surface area contributed by atoms with Crippen LogP contribution in [0.2, 0.25) is 0 Å². The maximum absolute atomic E-state index is 8.98. The molecular formula is C14H25N3O2. The fourth-order valence-electron chi connectivity index (χ4n) is 2.84. The normalized spacial score (nSPS) is 25.4. The van der Waals surface area contributed by atoms with Crippen LogP contribution in [-0.4, -0.2) is 21.9 Å². The van der Waals surface area contributed by atoms with Crippen molar-refractivity contribution in [1.82, 2.24) is 10.1 Å². The molecule has 1 aromatic rings. The molecule has 1 aliphatic carbocycles. The minimum Gasteiger partial charge on any atom is -0.394 e. The third-order valence-corrected chi connectivity index (χ3v) is 4.15. The first-order valence-electron chi connectivity index (χ1n) is 7.44. The first-order valence-corrected chi connectivity index (χ1v) is 7.44. The topological polar surface area (TPSA) is 85.2 Å². The van der Waals surface area contributed by atoms with Gasteiger partial charge in [0.25, 0.3) is 0 Å². The van der Waals surface area contributed by atoms with Crippen molar-refractivity contribution in [3.63, 3.8) is 0 Å². The molecule has 3 N–H and O–H groups in total. The van der Waals surface area contributed by atoms with Crippen molar-refractivity contribution in [2.24, 2.45) is 11.7 Å². The zero-order valence-corrected chi connectivity index (χ0v) is 11.7. The quantitative estimate of drug-likeness (QED) is 0.827. The zero-order valence-electron chi connectivity index (χ0n) is 11.7. The van der Waals surface area contributed by atoms with Gasteiger partial charge in [0.1, 0.15) is 0 Å². The lowest BCUT2D eigenvalue weighted by atomic mass is 9.80. The van der Waals surface area contributed by atoms with Crippen molar-refractivity contribution in [3.8, 4) is 0 Å². The van der Waals surface area contributed by atoms with Crippen molar-refractivity contribution >= 4 is 0 Å². The molecule has 1 atom stereocenters. The lowest BCUT2D eigenvalue weighted by molar-refractivity contribution is 0.252. The van der Waals surface area contributed by atoms with Gasteiger partial charge in [-0.3, -0.25) is 0 Å². The molecule has 0 saturated heterocycles. The number of aliphatic hydroxyl groups excluding tert-OH is 1. The van der Waals surface area contributed by atoms with E-state index < -0.39 is 6.04 Å². The van der Waals surface area contributed by atoms with E-state index in [2.05, 4.69) is 17.1 Å². The summed E-state index contributed by atoms with van der Waals surface area (Å²) in [5.41, 5.74) is 5.68. The van der Waals surface area contributed by atoms with Gasteiger partial charge in [-0.25, -0.2) is 0 Å². The number of rotatable bonds is 6. The summed E-state index contributed by atoms with van der Waals surface area (Å²) in [6.45, 7) is 2.10. The predicted molar refractivity (Wildman–Crippen MR) is 72.5 cm³/mol. The van der Waals surface area contributed by atoms with Gasteiger partial charge in [0.2, 0.25) is 5.89 Å². The molecule has 1 aliphatic rings. The molecule has 108 valence electrons. The minimum atomic E-state index is -0.529. The van der Waals surface area contributed by atoms with Gasteiger partial charge in [-0.2, -0.15) is 4.98 Å². The van der Waals surface area contributed by atoms with E-state index in [0.29, 0.717) is 17.6 Å². The molecule has 5 nitrogen and oxygen atoms in total. The number of nitrogens with zero attached hydrogens (tertiary/aromatic N) is 2. The third-order valence-electron chi connectivity index (χ3n) is 4.15. The largest absolute Gasteiger partial charge is 0.394 e. The highest BCUT2D eigenvalue weighted by Crippen LogP contribution is 2.37. The summed E-state index contributed by atoms with van der Waals surface area (Å²) < 4.78 is 5.29. The van der Waals surface area contributed by atoms with Crippen LogP contribution in [0.4, 0.5) is 0 Å². The van der Waals surface area contributed by atoms with Crippen LogP contribution in [0.15, 0.2) is 4.52 Å². The monoisotopic (exact) mass is 267 g/mol. The van der Waals surface area contributed by atoms with Crippen LogP contribution in [0, 0.1) is 5.92 Å². The van der Waals surface area contributed by atoms with E-state index in [0.717, 1.165) is 18.8 Å². The highest BCUT2D eigenvalue weighted by atomic mass is 16.5. The smallest absolute Gasteiger partial charge is 0.229 e. The average Bonchev–Trinajstić information content (AvgIpc) is 2.94. The van der Waals surface area contributed by atoms with E-state index in [1.165, 1.54) is 32.1 Å². The predicted octanol–water partition coefficient (Wildman–Crippen LogP) is 2.53. The molecule has 0 spiro atoms. The summed E-state index contributed by atoms with van der Waals surface area (Å²) in [5.74, 6) is 2.38. The van der Waals surface area contributed by atoms with Gasteiger partial charge in [-0.1, -0.05) is 31.3 Å². The standard InChI is InChI=1S/C14H25N3O2/c1-2-3-4-10-5-7-11(8-6-10)14-16-13(17-19-14)12(15)9-18/h10-12,18H,2-9,15H2,1H3. The molecule has 1 fully saturated rings. The Balaban J connectivity index is 1.85. The molecule has 2 rings (SSSR count). The zero-order chi connectivity index (χ0) is 13.7. The summed E-state index contributed by atoms with van der Waals surface area (Å²) in [4.78, 5) is 4.33. The molecule has 0 radical (unpaired) electrons. The molecule has 19 heavy (non-hydrogen) atoms. The second-order valence-corrected chi connectivity index (χ2v) is 5.64. The van der Waals surface area contributed by atoms with E-state index in [9.17, 15) is 0 Å². The highest BCUT2D eigenvalue weighted by Gasteiger charge is 2.26. The van der Waals surface area contributed by atoms with Crippen LogP contribution in [0.3, 0.4) is 0 Å². The molecule has 0 aliphatic heterocycles. The Labute approximate surface area is 114 Å². The van der Waals surface area contributed by atoms with Crippen LogP contribution in [0.1, 0.15) is 75.5 Å². The Kier molecular flexibility index (Phi) is 5.34. The summed E-state index contributed by atoms with van der Waals surface area (Å²) in [7, 11) is 0. The van der Waals surface area contributed by atoms with E-state index in [-0.39, 0.29) is 6.61 Å². The molecule has 1 unspecified atom stereocenters. The lowest BCUT2D eigenvalue weighted by Gasteiger charge is -2.26. The van der Waals surface area contributed by atoms with Crippen molar-refractivity contribution in [1.29, 1.82) is 0 Å². The molecular weight excluding hydrogens is 242 g/mol. The SMILES string of the molecule is CCCCC1CCC(c2nc(C(N)CO)no2)CC1. The summed E-state index contributed by atoms with van der Waals surface area (Å²) in [6, 6.07) is -0.529. The van der Waals surface area contributed by atoms with Crippen LogP contribution >= 0.6 is 0 Å². The van der Waals surface area contributed by atoms with Gasteiger partial charge in [0, 0.05) is 5.92 Å². The number of unbranched alkanes of at least 4 members (excludes halogenated alkanes) is 1. The summed E-state index contributed by atoms with van der Waals surface area (Å²) >= 11 is 0. The second-order valence-electron chi connectivity index (χ2n) is 5.64. The fourth-order valence-corrected chi connectivity index (χ4v) is 2.84. The Bertz CT molecular complexity index is 373.